The van der Waals surface area contributed by atoms with Crippen molar-refractivity contribution in [3.8, 4) is 0 Å². The first-order valence-corrected chi connectivity index (χ1v) is 7.08. The summed E-state index contributed by atoms with van der Waals surface area (Å²) in [6.45, 7) is 2.02. The van der Waals surface area contributed by atoms with E-state index in [4.69, 9.17) is 0 Å². The van der Waals surface area contributed by atoms with Gasteiger partial charge in [-0.25, -0.2) is 0 Å². The van der Waals surface area contributed by atoms with Gasteiger partial charge in [0.1, 0.15) is 0 Å². The van der Waals surface area contributed by atoms with Crippen molar-refractivity contribution < 1.29 is 4.79 Å². The third-order valence-corrected chi connectivity index (χ3v) is 3.96. The number of anilines is 1. The fourth-order valence-electron chi connectivity index (χ4n) is 1.11. The van der Waals surface area contributed by atoms with E-state index in [2.05, 4.69) is 15.5 Å². The molecule has 16 heavy (non-hydrogen) atoms. The first kappa shape index (κ1) is 13.2. The number of hydrogen-bond donors (Lipinski definition) is 1. The van der Waals surface area contributed by atoms with Crippen molar-refractivity contribution >= 4 is 34.1 Å². The Hall–Kier alpha value is -0.820. The van der Waals surface area contributed by atoms with Gasteiger partial charge in [0.25, 0.3) is 5.91 Å². The maximum atomic E-state index is 12.0. The van der Waals surface area contributed by atoms with Crippen molar-refractivity contribution in [3.05, 3.63) is 5.01 Å². The summed E-state index contributed by atoms with van der Waals surface area (Å²) in [5.74, 6) is 0.848. The van der Waals surface area contributed by atoms with Crippen molar-refractivity contribution in [2.24, 2.45) is 0 Å². The molecule has 0 fully saturated rings. The third kappa shape index (κ3) is 3.08. The smallest absolute Gasteiger partial charge is 0.284 e. The van der Waals surface area contributed by atoms with Crippen LogP contribution in [0.3, 0.4) is 0 Å². The molecule has 0 radical (unpaired) electrons. The van der Waals surface area contributed by atoms with Gasteiger partial charge >= 0.3 is 0 Å². The standard InChI is InChI=1S/C9H16N4OS2/c1-6(5-15-4)13(3)8(14)7-11-12-9(10-2)16-7/h6H,5H2,1-4H3,(H,10,12). The lowest BCUT2D eigenvalue weighted by Crippen LogP contribution is -2.36. The predicted octanol–water partition coefficient (Wildman–Crippen LogP) is 1.40. The molecular formula is C9H16N4OS2. The summed E-state index contributed by atoms with van der Waals surface area (Å²) in [6, 6.07) is 0.199. The van der Waals surface area contributed by atoms with Crippen LogP contribution in [0, 0.1) is 0 Å². The van der Waals surface area contributed by atoms with Crippen LogP contribution in [0.4, 0.5) is 5.13 Å². The molecule has 0 saturated carbocycles. The zero-order valence-electron chi connectivity index (χ0n) is 9.85. The SMILES string of the molecule is CNc1nnc(C(=O)N(C)C(C)CSC)s1. The molecule has 7 heteroatoms. The Bertz CT molecular complexity index is 355. The Labute approximate surface area is 104 Å². The maximum Gasteiger partial charge on any atom is 0.284 e. The van der Waals surface area contributed by atoms with Gasteiger partial charge in [-0.05, 0) is 13.2 Å². The van der Waals surface area contributed by atoms with Gasteiger partial charge in [0.05, 0.1) is 0 Å². The van der Waals surface area contributed by atoms with Crippen LogP contribution in [0.15, 0.2) is 0 Å². The van der Waals surface area contributed by atoms with Crippen LogP contribution in [0.25, 0.3) is 0 Å². The molecule has 5 nitrogen and oxygen atoms in total. The van der Waals surface area contributed by atoms with E-state index in [-0.39, 0.29) is 11.9 Å². The molecule has 0 aliphatic heterocycles. The predicted molar refractivity (Wildman–Crippen MR) is 69.4 cm³/mol. The summed E-state index contributed by atoms with van der Waals surface area (Å²) in [5.41, 5.74) is 0. The number of rotatable bonds is 5. The average molecular weight is 260 g/mol. The van der Waals surface area contributed by atoms with E-state index in [9.17, 15) is 4.79 Å². The third-order valence-electron chi connectivity index (χ3n) is 2.21. The molecule has 90 valence electrons. The molecule has 0 aliphatic carbocycles. The summed E-state index contributed by atoms with van der Waals surface area (Å²) >= 11 is 2.99. The Balaban J connectivity index is 2.69. The summed E-state index contributed by atoms with van der Waals surface area (Å²) < 4.78 is 0. The zero-order valence-corrected chi connectivity index (χ0v) is 11.5. The van der Waals surface area contributed by atoms with Crippen LogP contribution in [0.1, 0.15) is 16.7 Å². The molecule has 1 amide bonds. The van der Waals surface area contributed by atoms with E-state index in [0.717, 1.165) is 5.75 Å². The number of nitrogens with one attached hydrogen (secondary N) is 1. The summed E-state index contributed by atoms with van der Waals surface area (Å²) in [6.07, 6.45) is 2.03. The van der Waals surface area contributed by atoms with Crippen LogP contribution < -0.4 is 5.32 Å². The Morgan fingerprint density at radius 1 is 1.62 bits per heavy atom. The van der Waals surface area contributed by atoms with Gasteiger partial charge in [-0.2, -0.15) is 11.8 Å². The summed E-state index contributed by atoms with van der Waals surface area (Å²) in [5, 5.41) is 11.7. The number of nitrogens with zero attached hydrogens (tertiary/aromatic N) is 3. The van der Waals surface area contributed by atoms with E-state index in [0.29, 0.717) is 10.1 Å². The minimum Gasteiger partial charge on any atom is -0.363 e. The number of carbonyl (C=O) groups is 1. The van der Waals surface area contributed by atoms with Gasteiger partial charge in [-0.3, -0.25) is 4.79 Å². The van der Waals surface area contributed by atoms with Gasteiger partial charge in [0, 0.05) is 25.9 Å². The minimum atomic E-state index is -0.0689. The van der Waals surface area contributed by atoms with Crippen molar-refractivity contribution in [2.75, 3.05) is 31.4 Å². The van der Waals surface area contributed by atoms with Crippen LogP contribution in [0.5, 0.6) is 0 Å². The largest absolute Gasteiger partial charge is 0.363 e. The highest BCUT2D eigenvalue weighted by Gasteiger charge is 2.20. The molecule has 1 rings (SSSR count). The van der Waals surface area contributed by atoms with Crippen LogP contribution in [-0.2, 0) is 0 Å². The topological polar surface area (TPSA) is 58.1 Å². The maximum absolute atomic E-state index is 12.0. The second kappa shape index (κ2) is 6.05. The van der Waals surface area contributed by atoms with E-state index in [1.807, 2.05) is 13.2 Å². The molecule has 0 saturated heterocycles. The van der Waals surface area contributed by atoms with E-state index >= 15 is 0 Å². The van der Waals surface area contributed by atoms with E-state index < -0.39 is 0 Å². The van der Waals surface area contributed by atoms with Crippen molar-refractivity contribution in [2.45, 2.75) is 13.0 Å². The lowest BCUT2D eigenvalue weighted by atomic mass is 10.3. The first-order valence-electron chi connectivity index (χ1n) is 4.87. The fraction of sp³-hybridized carbons (Fsp3) is 0.667. The number of hydrogen-bond acceptors (Lipinski definition) is 6. The molecule has 1 aromatic rings. The highest BCUT2D eigenvalue weighted by molar-refractivity contribution is 7.98. The minimum absolute atomic E-state index is 0.0689. The molecule has 1 aromatic heterocycles. The quantitative estimate of drug-likeness (QED) is 0.867. The number of thioether (sulfide) groups is 1. The Morgan fingerprint density at radius 2 is 2.31 bits per heavy atom. The zero-order chi connectivity index (χ0) is 12.1. The Kier molecular flexibility index (Phi) is 5.01. The first-order chi connectivity index (χ1) is 7.60. The van der Waals surface area contributed by atoms with Gasteiger partial charge in [0.15, 0.2) is 0 Å². The average Bonchev–Trinajstić information content (AvgIpc) is 2.75. The van der Waals surface area contributed by atoms with Crippen molar-refractivity contribution in [3.63, 3.8) is 0 Å². The lowest BCUT2D eigenvalue weighted by Gasteiger charge is -2.22. The van der Waals surface area contributed by atoms with Crippen molar-refractivity contribution in [1.29, 1.82) is 0 Å². The molecule has 0 aliphatic rings. The van der Waals surface area contributed by atoms with Gasteiger partial charge < -0.3 is 10.2 Å². The van der Waals surface area contributed by atoms with Crippen LogP contribution in [-0.4, -0.2) is 53.2 Å². The molecule has 1 N–H and O–H groups in total. The van der Waals surface area contributed by atoms with Crippen LogP contribution >= 0.6 is 23.1 Å². The molecule has 1 atom stereocenters. The monoisotopic (exact) mass is 260 g/mol. The van der Waals surface area contributed by atoms with Crippen molar-refractivity contribution in [1.82, 2.24) is 15.1 Å². The molecule has 1 unspecified atom stereocenters. The highest BCUT2D eigenvalue weighted by Crippen LogP contribution is 2.17. The van der Waals surface area contributed by atoms with E-state index in [1.54, 1.807) is 30.8 Å². The molecular weight excluding hydrogens is 244 g/mol. The van der Waals surface area contributed by atoms with Crippen LogP contribution in [0.2, 0.25) is 0 Å². The molecule has 0 spiro atoms. The van der Waals surface area contributed by atoms with Gasteiger partial charge in [0.2, 0.25) is 10.1 Å². The summed E-state index contributed by atoms with van der Waals surface area (Å²) in [7, 11) is 3.55. The number of aromatic nitrogens is 2. The van der Waals surface area contributed by atoms with E-state index in [1.165, 1.54) is 11.3 Å². The second-order valence-corrected chi connectivity index (χ2v) is 5.27. The van der Waals surface area contributed by atoms with Gasteiger partial charge in [-0.1, -0.05) is 11.3 Å². The number of amides is 1. The Morgan fingerprint density at radius 3 is 2.81 bits per heavy atom. The fourth-order valence-corrected chi connectivity index (χ4v) is 2.50. The molecule has 0 aromatic carbocycles. The number of carbonyl (C=O) groups excluding carboxylic acids is 1. The second-order valence-electron chi connectivity index (χ2n) is 3.38. The molecule has 1 heterocycles. The lowest BCUT2D eigenvalue weighted by molar-refractivity contribution is 0.0756. The van der Waals surface area contributed by atoms with Gasteiger partial charge in [-0.15, -0.1) is 10.2 Å². The molecule has 0 bridgehead atoms. The highest BCUT2D eigenvalue weighted by atomic mass is 32.2. The summed E-state index contributed by atoms with van der Waals surface area (Å²) in [4.78, 5) is 13.7. The normalized spacial score (nSPS) is 12.2.